The SMILES string of the molecule is O=C(O)CN1C(=O)C2(CCCC2)NC[C@H]1c1cc(F)cc(F)c1. The molecule has 2 N–H and O–H groups in total. The van der Waals surface area contributed by atoms with Crippen LogP contribution in [0.5, 0.6) is 0 Å². The lowest BCUT2D eigenvalue weighted by Crippen LogP contribution is -2.64. The van der Waals surface area contributed by atoms with Gasteiger partial charge in [0.1, 0.15) is 18.2 Å². The third-order valence-corrected chi connectivity index (χ3v) is 4.71. The normalized spacial score (nSPS) is 23.5. The first-order valence-electron chi connectivity index (χ1n) is 7.65. The van der Waals surface area contributed by atoms with E-state index in [1.807, 2.05) is 0 Å². The Morgan fingerprint density at radius 3 is 2.43 bits per heavy atom. The third-order valence-electron chi connectivity index (χ3n) is 4.71. The molecule has 1 heterocycles. The molecule has 3 rings (SSSR count). The van der Waals surface area contributed by atoms with E-state index in [1.165, 1.54) is 4.90 Å². The highest BCUT2D eigenvalue weighted by Crippen LogP contribution is 2.37. The van der Waals surface area contributed by atoms with Gasteiger partial charge in [-0.2, -0.15) is 0 Å². The van der Waals surface area contributed by atoms with E-state index in [9.17, 15) is 18.4 Å². The summed E-state index contributed by atoms with van der Waals surface area (Å²) in [5, 5.41) is 12.3. The molecule has 0 bridgehead atoms. The minimum absolute atomic E-state index is 0.262. The van der Waals surface area contributed by atoms with Crippen molar-refractivity contribution in [3.8, 4) is 0 Å². The van der Waals surface area contributed by atoms with Crippen LogP contribution in [0.1, 0.15) is 37.3 Å². The van der Waals surface area contributed by atoms with Crippen molar-refractivity contribution in [2.24, 2.45) is 0 Å². The fourth-order valence-corrected chi connectivity index (χ4v) is 3.66. The fourth-order valence-electron chi connectivity index (χ4n) is 3.66. The lowest BCUT2D eigenvalue weighted by molar-refractivity contribution is -0.153. The summed E-state index contributed by atoms with van der Waals surface area (Å²) >= 11 is 0. The molecule has 124 valence electrons. The molecular weight excluding hydrogens is 306 g/mol. The molecule has 2 fully saturated rings. The molecule has 7 heteroatoms. The van der Waals surface area contributed by atoms with Crippen molar-refractivity contribution in [1.82, 2.24) is 10.2 Å². The average Bonchev–Trinajstić information content (AvgIpc) is 2.92. The standard InChI is InChI=1S/C16H18F2N2O3/c17-11-5-10(6-12(18)7-11)13-8-19-16(3-1-2-4-16)15(23)20(13)9-14(21)22/h5-7,13,19H,1-4,8-9H2,(H,21,22)/t13-/m0/s1. The van der Waals surface area contributed by atoms with E-state index >= 15 is 0 Å². The van der Waals surface area contributed by atoms with E-state index in [0.29, 0.717) is 12.8 Å². The maximum atomic E-state index is 13.5. The Balaban J connectivity index is 1.95. The van der Waals surface area contributed by atoms with Crippen molar-refractivity contribution >= 4 is 11.9 Å². The predicted molar refractivity (Wildman–Crippen MR) is 77.6 cm³/mol. The number of benzene rings is 1. The molecule has 1 saturated heterocycles. The fraction of sp³-hybridized carbons (Fsp3) is 0.500. The lowest BCUT2D eigenvalue weighted by atomic mass is 9.89. The van der Waals surface area contributed by atoms with Gasteiger partial charge in [0.25, 0.3) is 0 Å². The highest BCUT2D eigenvalue weighted by atomic mass is 19.1. The molecule has 0 aromatic heterocycles. The van der Waals surface area contributed by atoms with Crippen LogP contribution < -0.4 is 5.32 Å². The summed E-state index contributed by atoms with van der Waals surface area (Å²) < 4.78 is 27.0. The maximum Gasteiger partial charge on any atom is 0.323 e. The number of hydrogen-bond acceptors (Lipinski definition) is 3. The molecule has 1 spiro atoms. The largest absolute Gasteiger partial charge is 0.480 e. The summed E-state index contributed by atoms with van der Waals surface area (Å²) in [5.74, 6) is -2.93. The summed E-state index contributed by atoms with van der Waals surface area (Å²) in [6.07, 6.45) is 3.12. The summed E-state index contributed by atoms with van der Waals surface area (Å²) in [6, 6.07) is 2.34. The van der Waals surface area contributed by atoms with Gasteiger partial charge in [-0.05, 0) is 30.5 Å². The minimum atomic E-state index is -1.14. The van der Waals surface area contributed by atoms with Crippen LogP contribution >= 0.6 is 0 Å². The molecule has 1 aromatic carbocycles. The topological polar surface area (TPSA) is 69.6 Å². The molecule has 1 aromatic rings. The molecule has 1 aliphatic heterocycles. The molecule has 5 nitrogen and oxygen atoms in total. The smallest absolute Gasteiger partial charge is 0.323 e. The van der Waals surface area contributed by atoms with E-state index in [0.717, 1.165) is 31.0 Å². The Hall–Kier alpha value is -2.02. The second-order valence-electron chi connectivity index (χ2n) is 6.22. The van der Waals surface area contributed by atoms with Gasteiger partial charge in [0, 0.05) is 12.6 Å². The van der Waals surface area contributed by atoms with Gasteiger partial charge in [-0.1, -0.05) is 12.8 Å². The van der Waals surface area contributed by atoms with E-state index in [-0.39, 0.29) is 18.0 Å². The minimum Gasteiger partial charge on any atom is -0.480 e. The molecule has 1 amide bonds. The van der Waals surface area contributed by atoms with Gasteiger partial charge in [-0.3, -0.25) is 9.59 Å². The number of halogens is 2. The molecular formula is C16H18F2N2O3. The van der Waals surface area contributed by atoms with Crippen LogP contribution in [0.4, 0.5) is 8.78 Å². The number of carbonyl (C=O) groups is 2. The number of carboxylic acid groups (broad SMARTS) is 1. The Kier molecular flexibility index (Phi) is 4.06. The zero-order chi connectivity index (χ0) is 16.6. The van der Waals surface area contributed by atoms with Crippen molar-refractivity contribution in [2.45, 2.75) is 37.3 Å². The van der Waals surface area contributed by atoms with Crippen LogP contribution in [0.15, 0.2) is 18.2 Å². The van der Waals surface area contributed by atoms with E-state index in [1.54, 1.807) is 0 Å². The lowest BCUT2D eigenvalue weighted by Gasteiger charge is -2.45. The molecule has 0 radical (unpaired) electrons. The average molecular weight is 324 g/mol. The first-order valence-corrected chi connectivity index (χ1v) is 7.65. The van der Waals surface area contributed by atoms with Crippen molar-refractivity contribution in [3.05, 3.63) is 35.4 Å². The Labute approximate surface area is 132 Å². The molecule has 1 aliphatic carbocycles. The number of nitrogens with zero attached hydrogens (tertiary/aromatic N) is 1. The number of piperazine rings is 1. The van der Waals surface area contributed by atoms with Crippen LogP contribution in [-0.2, 0) is 9.59 Å². The third kappa shape index (κ3) is 2.93. The van der Waals surface area contributed by atoms with E-state index in [4.69, 9.17) is 5.11 Å². The zero-order valence-electron chi connectivity index (χ0n) is 12.5. The van der Waals surface area contributed by atoms with Crippen LogP contribution in [0.25, 0.3) is 0 Å². The zero-order valence-corrected chi connectivity index (χ0v) is 12.5. The molecule has 2 aliphatic rings. The van der Waals surface area contributed by atoms with Gasteiger partial charge in [0.2, 0.25) is 5.91 Å². The van der Waals surface area contributed by atoms with Gasteiger partial charge in [-0.25, -0.2) is 8.78 Å². The van der Waals surface area contributed by atoms with Crippen LogP contribution in [0, 0.1) is 11.6 Å². The Bertz CT molecular complexity index is 624. The van der Waals surface area contributed by atoms with Crippen LogP contribution in [0.2, 0.25) is 0 Å². The molecule has 1 atom stereocenters. The van der Waals surface area contributed by atoms with Gasteiger partial charge in [0.15, 0.2) is 0 Å². The van der Waals surface area contributed by atoms with Crippen molar-refractivity contribution in [1.29, 1.82) is 0 Å². The molecule has 1 saturated carbocycles. The van der Waals surface area contributed by atoms with E-state index in [2.05, 4.69) is 5.32 Å². The van der Waals surface area contributed by atoms with Crippen molar-refractivity contribution < 1.29 is 23.5 Å². The number of amides is 1. The first kappa shape index (κ1) is 15.9. The summed E-state index contributed by atoms with van der Waals surface area (Å²) in [7, 11) is 0. The summed E-state index contributed by atoms with van der Waals surface area (Å²) in [6.45, 7) is -0.201. The van der Waals surface area contributed by atoms with Gasteiger partial charge >= 0.3 is 5.97 Å². The Morgan fingerprint density at radius 1 is 1.26 bits per heavy atom. The van der Waals surface area contributed by atoms with Gasteiger partial charge < -0.3 is 15.3 Å². The van der Waals surface area contributed by atoms with Crippen molar-refractivity contribution in [2.75, 3.05) is 13.1 Å². The van der Waals surface area contributed by atoms with Crippen LogP contribution in [0.3, 0.4) is 0 Å². The summed E-state index contributed by atoms with van der Waals surface area (Å²) in [4.78, 5) is 25.3. The second-order valence-corrected chi connectivity index (χ2v) is 6.22. The maximum absolute atomic E-state index is 13.5. The number of carboxylic acids is 1. The predicted octanol–water partition coefficient (Wildman–Crippen LogP) is 1.84. The second kappa shape index (κ2) is 5.88. The molecule has 0 unspecified atom stereocenters. The van der Waals surface area contributed by atoms with E-state index < -0.39 is 35.7 Å². The Morgan fingerprint density at radius 2 is 1.87 bits per heavy atom. The monoisotopic (exact) mass is 324 g/mol. The number of aliphatic carboxylic acids is 1. The highest BCUT2D eigenvalue weighted by Gasteiger charge is 2.49. The quantitative estimate of drug-likeness (QED) is 0.890. The van der Waals surface area contributed by atoms with Crippen LogP contribution in [-0.4, -0.2) is 40.5 Å². The molecule has 23 heavy (non-hydrogen) atoms. The first-order chi connectivity index (χ1) is 10.9. The summed E-state index contributed by atoms with van der Waals surface area (Å²) in [5.41, 5.74) is -0.463. The number of carbonyl (C=O) groups excluding carboxylic acids is 1. The van der Waals surface area contributed by atoms with Gasteiger partial charge in [0.05, 0.1) is 11.6 Å². The van der Waals surface area contributed by atoms with Crippen molar-refractivity contribution in [3.63, 3.8) is 0 Å². The number of hydrogen-bond donors (Lipinski definition) is 2. The number of nitrogens with one attached hydrogen (secondary N) is 1. The number of rotatable bonds is 3. The highest BCUT2D eigenvalue weighted by molar-refractivity contribution is 5.90. The van der Waals surface area contributed by atoms with Gasteiger partial charge in [-0.15, -0.1) is 0 Å².